The first-order chi connectivity index (χ1) is 19.8. The quantitative estimate of drug-likeness (QED) is 0.223. The predicted octanol–water partition coefficient (Wildman–Crippen LogP) is 10.1. The van der Waals surface area contributed by atoms with E-state index in [9.17, 15) is 0 Å². The van der Waals surface area contributed by atoms with E-state index in [2.05, 4.69) is 107 Å². The number of rotatable bonds is 2. The Labute approximate surface area is 239 Å². The molecule has 1 aliphatic rings. The standard InChI is InChI=1S/C38H30N2O/c1-37(2)28-15-7-5-13-26(28)34-27(14-11-16-29(34)38(37,3)4)36-35(39-30-17-8-9-18-31(30)40-36)23-20-21-25-24-12-6-10-19-32(24)41-33(25)22-23/h5-22H,1-4H3. The van der Waals surface area contributed by atoms with Gasteiger partial charge in [0.15, 0.2) is 0 Å². The maximum absolute atomic E-state index is 6.29. The Hall–Kier alpha value is -4.76. The minimum Gasteiger partial charge on any atom is -0.456 e. The lowest BCUT2D eigenvalue weighted by atomic mass is 9.55. The zero-order valence-corrected chi connectivity index (χ0v) is 23.7. The number of aromatic nitrogens is 2. The van der Waals surface area contributed by atoms with Crippen molar-refractivity contribution in [3.05, 3.63) is 120 Å². The number of hydrogen-bond donors (Lipinski definition) is 0. The molecule has 0 bridgehead atoms. The molecule has 0 saturated carbocycles. The lowest BCUT2D eigenvalue weighted by molar-refractivity contribution is 0.299. The van der Waals surface area contributed by atoms with Gasteiger partial charge in [0.2, 0.25) is 0 Å². The first-order valence-corrected chi connectivity index (χ1v) is 14.3. The van der Waals surface area contributed by atoms with E-state index >= 15 is 0 Å². The van der Waals surface area contributed by atoms with E-state index in [1.54, 1.807) is 0 Å². The molecule has 0 aliphatic heterocycles. The first kappa shape index (κ1) is 24.1. The van der Waals surface area contributed by atoms with Crippen molar-refractivity contribution in [2.45, 2.75) is 38.5 Å². The molecule has 7 aromatic rings. The second-order valence-electron chi connectivity index (χ2n) is 12.2. The molecule has 5 aromatic carbocycles. The minimum atomic E-state index is -0.0929. The molecular formula is C38H30N2O. The van der Waals surface area contributed by atoms with Gasteiger partial charge in [0, 0.05) is 21.9 Å². The Balaban J connectivity index is 1.45. The van der Waals surface area contributed by atoms with Crippen LogP contribution in [0.5, 0.6) is 0 Å². The topological polar surface area (TPSA) is 38.9 Å². The van der Waals surface area contributed by atoms with Gasteiger partial charge in [-0.05, 0) is 63.4 Å². The number of hydrogen-bond acceptors (Lipinski definition) is 3. The van der Waals surface area contributed by atoms with Crippen LogP contribution in [0.4, 0.5) is 0 Å². The maximum Gasteiger partial charge on any atom is 0.136 e. The first-order valence-electron chi connectivity index (χ1n) is 14.3. The number of nitrogens with zero attached hydrogens (tertiary/aromatic N) is 2. The van der Waals surface area contributed by atoms with Gasteiger partial charge in [-0.1, -0.05) is 107 Å². The lowest BCUT2D eigenvalue weighted by Crippen LogP contribution is -2.43. The van der Waals surface area contributed by atoms with Crippen molar-refractivity contribution in [2.24, 2.45) is 0 Å². The van der Waals surface area contributed by atoms with E-state index in [-0.39, 0.29) is 10.8 Å². The summed E-state index contributed by atoms with van der Waals surface area (Å²) in [6.45, 7) is 9.47. The van der Waals surface area contributed by atoms with Gasteiger partial charge in [-0.15, -0.1) is 0 Å². The summed E-state index contributed by atoms with van der Waals surface area (Å²) in [6.07, 6.45) is 0. The molecule has 0 atom stereocenters. The largest absolute Gasteiger partial charge is 0.456 e. The minimum absolute atomic E-state index is 0.0422. The summed E-state index contributed by atoms with van der Waals surface area (Å²) in [4.78, 5) is 10.6. The van der Waals surface area contributed by atoms with Crippen LogP contribution in [-0.4, -0.2) is 9.97 Å². The molecular weight excluding hydrogens is 500 g/mol. The summed E-state index contributed by atoms with van der Waals surface area (Å²) in [5.74, 6) is 0. The summed E-state index contributed by atoms with van der Waals surface area (Å²) in [5.41, 5.74) is 12.5. The van der Waals surface area contributed by atoms with Gasteiger partial charge < -0.3 is 4.42 Å². The second-order valence-corrected chi connectivity index (χ2v) is 12.2. The second kappa shape index (κ2) is 8.37. The van der Waals surface area contributed by atoms with Crippen molar-refractivity contribution >= 4 is 33.0 Å². The predicted molar refractivity (Wildman–Crippen MR) is 169 cm³/mol. The average Bonchev–Trinajstić information content (AvgIpc) is 3.37. The van der Waals surface area contributed by atoms with Crippen molar-refractivity contribution in [2.75, 3.05) is 0 Å². The molecule has 41 heavy (non-hydrogen) atoms. The fraction of sp³-hybridized carbons (Fsp3) is 0.158. The molecule has 0 amide bonds. The Bertz CT molecular complexity index is 2170. The Morgan fingerprint density at radius 1 is 0.512 bits per heavy atom. The molecule has 0 radical (unpaired) electrons. The van der Waals surface area contributed by atoms with Gasteiger partial charge in [0.1, 0.15) is 11.2 Å². The van der Waals surface area contributed by atoms with Crippen LogP contribution in [0, 0.1) is 0 Å². The van der Waals surface area contributed by atoms with Crippen LogP contribution in [0.3, 0.4) is 0 Å². The van der Waals surface area contributed by atoms with Crippen molar-refractivity contribution in [3.8, 4) is 33.6 Å². The average molecular weight is 531 g/mol. The monoisotopic (exact) mass is 530 g/mol. The van der Waals surface area contributed by atoms with E-state index in [0.29, 0.717) is 0 Å². The highest BCUT2D eigenvalue weighted by molar-refractivity contribution is 6.06. The zero-order chi connectivity index (χ0) is 27.9. The van der Waals surface area contributed by atoms with E-state index in [1.807, 2.05) is 30.3 Å². The summed E-state index contributed by atoms with van der Waals surface area (Å²) in [7, 11) is 0. The summed E-state index contributed by atoms with van der Waals surface area (Å²) in [6, 6.07) is 38.3. The number of benzene rings is 5. The van der Waals surface area contributed by atoms with Gasteiger partial charge in [0.05, 0.1) is 22.4 Å². The Kier molecular flexibility index (Phi) is 4.92. The normalized spacial score (nSPS) is 15.2. The van der Waals surface area contributed by atoms with Crippen LogP contribution < -0.4 is 0 Å². The highest BCUT2D eigenvalue weighted by Crippen LogP contribution is 2.56. The molecule has 0 saturated heterocycles. The molecule has 0 N–H and O–H groups in total. The molecule has 2 heterocycles. The van der Waals surface area contributed by atoms with Crippen LogP contribution in [0.1, 0.15) is 38.8 Å². The van der Waals surface area contributed by atoms with Gasteiger partial charge in [0.25, 0.3) is 0 Å². The van der Waals surface area contributed by atoms with Gasteiger partial charge in [-0.25, -0.2) is 9.97 Å². The van der Waals surface area contributed by atoms with E-state index in [0.717, 1.165) is 55.5 Å². The van der Waals surface area contributed by atoms with Crippen LogP contribution in [-0.2, 0) is 10.8 Å². The van der Waals surface area contributed by atoms with Crippen molar-refractivity contribution in [1.29, 1.82) is 0 Å². The van der Waals surface area contributed by atoms with Crippen LogP contribution in [0.15, 0.2) is 114 Å². The fourth-order valence-corrected chi connectivity index (χ4v) is 6.74. The van der Waals surface area contributed by atoms with Crippen molar-refractivity contribution in [1.82, 2.24) is 9.97 Å². The van der Waals surface area contributed by atoms with Crippen LogP contribution >= 0.6 is 0 Å². The third kappa shape index (κ3) is 3.32. The van der Waals surface area contributed by atoms with E-state index in [4.69, 9.17) is 14.4 Å². The number of furan rings is 1. The summed E-state index contributed by atoms with van der Waals surface area (Å²) >= 11 is 0. The molecule has 3 nitrogen and oxygen atoms in total. The van der Waals surface area contributed by atoms with E-state index < -0.39 is 0 Å². The Morgan fingerprint density at radius 3 is 1.95 bits per heavy atom. The molecule has 0 spiro atoms. The van der Waals surface area contributed by atoms with Gasteiger partial charge in [-0.3, -0.25) is 0 Å². The molecule has 0 unspecified atom stereocenters. The van der Waals surface area contributed by atoms with Crippen molar-refractivity contribution in [3.63, 3.8) is 0 Å². The van der Waals surface area contributed by atoms with Gasteiger partial charge in [-0.2, -0.15) is 0 Å². The van der Waals surface area contributed by atoms with Crippen LogP contribution in [0.2, 0.25) is 0 Å². The lowest BCUT2D eigenvalue weighted by Gasteiger charge is -2.48. The molecule has 1 aliphatic carbocycles. The van der Waals surface area contributed by atoms with E-state index in [1.165, 1.54) is 22.3 Å². The molecule has 2 aromatic heterocycles. The molecule has 198 valence electrons. The summed E-state index contributed by atoms with van der Waals surface area (Å²) in [5, 5.41) is 2.23. The third-order valence-electron chi connectivity index (χ3n) is 9.65. The third-order valence-corrected chi connectivity index (χ3v) is 9.65. The zero-order valence-electron chi connectivity index (χ0n) is 23.7. The number of para-hydroxylation sites is 3. The summed E-state index contributed by atoms with van der Waals surface area (Å²) < 4.78 is 6.29. The maximum atomic E-state index is 6.29. The highest BCUT2D eigenvalue weighted by atomic mass is 16.3. The molecule has 8 rings (SSSR count). The van der Waals surface area contributed by atoms with Crippen LogP contribution in [0.25, 0.3) is 66.6 Å². The smallest absolute Gasteiger partial charge is 0.136 e. The van der Waals surface area contributed by atoms with Gasteiger partial charge >= 0.3 is 0 Å². The Morgan fingerprint density at radius 2 is 1.12 bits per heavy atom. The fourth-order valence-electron chi connectivity index (χ4n) is 6.74. The highest BCUT2D eigenvalue weighted by Gasteiger charge is 2.46. The SMILES string of the molecule is CC1(C)c2ccccc2-c2c(-c3nc4ccccc4nc3-c3ccc4c(c3)oc3ccccc34)cccc2C1(C)C. The van der Waals surface area contributed by atoms with Crippen molar-refractivity contribution < 1.29 is 4.42 Å². The molecule has 0 fully saturated rings. The molecule has 3 heteroatoms. The number of fused-ring (bicyclic) bond motifs is 7.